The van der Waals surface area contributed by atoms with Crippen molar-refractivity contribution in [1.82, 2.24) is 15.4 Å². The molecule has 120 valence electrons. The number of nitrogens with zero attached hydrogens (tertiary/aromatic N) is 2. The van der Waals surface area contributed by atoms with E-state index in [0.29, 0.717) is 5.56 Å². The van der Waals surface area contributed by atoms with Gasteiger partial charge < -0.3 is 0 Å². The Bertz CT molecular complexity index is 666. The topological polar surface area (TPSA) is 79.4 Å². The largest absolute Gasteiger partial charge is 0.272 e. The van der Waals surface area contributed by atoms with Crippen LogP contribution in [0.15, 0.2) is 24.5 Å². The maximum atomic E-state index is 12.6. The molecule has 2 saturated carbocycles. The summed E-state index contributed by atoms with van der Waals surface area (Å²) in [7, 11) is 0. The van der Waals surface area contributed by atoms with Crippen molar-refractivity contribution in [3.05, 3.63) is 30.1 Å². The summed E-state index contributed by atoms with van der Waals surface area (Å²) in [4.78, 5) is 41.7. The Balaban J connectivity index is 1.57. The number of imide groups is 1. The van der Waals surface area contributed by atoms with E-state index in [1.165, 1.54) is 24.5 Å². The highest BCUT2D eigenvalue weighted by Gasteiger charge is 2.66. The minimum Gasteiger partial charge on any atom is -0.272 e. The summed E-state index contributed by atoms with van der Waals surface area (Å²) in [5, 5.41) is 0.919. The molecule has 0 unspecified atom stereocenters. The van der Waals surface area contributed by atoms with Crippen molar-refractivity contribution in [2.75, 3.05) is 0 Å². The summed E-state index contributed by atoms with van der Waals surface area (Å²) in [6.07, 6.45) is 3.84. The van der Waals surface area contributed by atoms with Gasteiger partial charge in [0.25, 0.3) is 17.7 Å². The lowest BCUT2D eigenvalue weighted by Gasteiger charge is -2.28. The van der Waals surface area contributed by atoms with E-state index in [1.807, 2.05) is 0 Å². The number of hydrogen-bond acceptors (Lipinski definition) is 4. The number of hydrazine groups is 1. The SMILES string of the molecule is O=C(NN1C(=O)[C@@H]2[C@H]3C[C@H]([C@H](Br)[C@@H]3Br)[C@@H]2C1=O)c1ccncc1. The third-order valence-corrected chi connectivity index (χ3v) is 8.35. The molecule has 0 radical (unpaired) electrons. The second-order valence-corrected chi connectivity index (χ2v) is 8.31. The zero-order chi connectivity index (χ0) is 16.3. The number of amides is 3. The van der Waals surface area contributed by atoms with Gasteiger partial charge in [-0.1, -0.05) is 31.9 Å². The number of fused-ring (bicyclic) bond motifs is 5. The van der Waals surface area contributed by atoms with Gasteiger partial charge >= 0.3 is 0 Å². The number of carbonyl (C=O) groups is 3. The number of hydrogen-bond donors (Lipinski definition) is 1. The van der Waals surface area contributed by atoms with Crippen molar-refractivity contribution in [2.24, 2.45) is 23.7 Å². The first-order chi connectivity index (χ1) is 11.0. The summed E-state index contributed by atoms with van der Waals surface area (Å²) >= 11 is 7.26. The molecule has 0 aromatic carbocycles. The molecule has 1 aliphatic heterocycles. The van der Waals surface area contributed by atoms with Crippen LogP contribution < -0.4 is 5.43 Å². The van der Waals surface area contributed by atoms with Gasteiger partial charge in [-0.3, -0.25) is 24.8 Å². The molecule has 2 heterocycles. The Morgan fingerprint density at radius 2 is 1.61 bits per heavy atom. The van der Waals surface area contributed by atoms with Crippen LogP contribution >= 0.6 is 31.9 Å². The van der Waals surface area contributed by atoms with Crippen LogP contribution in [0, 0.1) is 23.7 Å². The standard InChI is InChI=1S/C15H13Br2N3O3/c16-11-7-5-8(12(11)17)10-9(7)14(22)20(15(10)23)19-13(21)6-1-3-18-4-2-6/h1-4,7-12H,5H2,(H,19,21)/t7-,8+,9-,10+,11-,12+. The van der Waals surface area contributed by atoms with Crippen LogP contribution in [0.4, 0.5) is 0 Å². The second kappa shape index (κ2) is 5.37. The Kier molecular flexibility index (Phi) is 3.57. The number of halogens is 2. The maximum Gasteiger partial charge on any atom is 0.270 e. The Hall–Kier alpha value is -1.28. The van der Waals surface area contributed by atoms with Gasteiger partial charge in [0.2, 0.25) is 0 Å². The number of aromatic nitrogens is 1. The smallest absolute Gasteiger partial charge is 0.270 e. The molecule has 3 amide bonds. The minimum absolute atomic E-state index is 0.133. The van der Waals surface area contributed by atoms with Crippen molar-refractivity contribution in [3.63, 3.8) is 0 Å². The van der Waals surface area contributed by atoms with Crippen molar-refractivity contribution in [3.8, 4) is 0 Å². The van der Waals surface area contributed by atoms with Crippen LogP contribution in [0.1, 0.15) is 16.8 Å². The van der Waals surface area contributed by atoms with Crippen LogP contribution in [0.5, 0.6) is 0 Å². The fourth-order valence-electron chi connectivity index (χ4n) is 4.13. The summed E-state index contributed by atoms with van der Waals surface area (Å²) in [5.41, 5.74) is 2.82. The average Bonchev–Trinajstić information content (AvgIpc) is 3.16. The lowest BCUT2D eigenvalue weighted by molar-refractivity contribution is -0.143. The quantitative estimate of drug-likeness (QED) is 0.556. The van der Waals surface area contributed by atoms with Gasteiger partial charge in [-0.05, 0) is 30.4 Å². The molecule has 1 N–H and O–H groups in total. The number of rotatable bonds is 2. The first kappa shape index (κ1) is 15.3. The highest BCUT2D eigenvalue weighted by atomic mass is 79.9. The summed E-state index contributed by atoms with van der Waals surface area (Å²) in [6.45, 7) is 0. The monoisotopic (exact) mass is 441 g/mol. The Morgan fingerprint density at radius 3 is 2.13 bits per heavy atom. The third kappa shape index (κ3) is 2.11. The van der Waals surface area contributed by atoms with Crippen molar-refractivity contribution in [1.29, 1.82) is 0 Å². The predicted octanol–water partition coefficient (Wildman–Crippen LogP) is 1.50. The molecule has 0 spiro atoms. The fourth-order valence-corrected chi connectivity index (χ4v) is 6.00. The zero-order valence-electron chi connectivity index (χ0n) is 11.9. The van der Waals surface area contributed by atoms with Gasteiger partial charge in [-0.15, -0.1) is 0 Å². The molecule has 2 aliphatic carbocycles. The number of nitrogens with one attached hydrogen (secondary N) is 1. The second-order valence-electron chi connectivity index (χ2n) is 6.19. The Morgan fingerprint density at radius 1 is 1.09 bits per heavy atom. The van der Waals surface area contributed by atoms with E-state index in [0.717, 1.165) is 11.4 Å². The van der Waals surface area contributed by atoms with Gasteiger partial charge in [0.1, 0.15) is 0 Å². The van der Waals surface area contributed by atoms with Crippen LogP contribution in [0.3, 0.4) is 0 Å². The molecule has 3 aliphatic rings. The minimum atomic E-state index is -0.479. The normalized spacial score (nSPS) is 38.1. The first-order valence-electron chi connectivity index (χ1n) is 7.37. The number of pyridine rings is 1. The van der Waals surface area contributed by atoms with Crippen LogP contribution in [0.25, 0.3) is 0 Å². The van der Waals surface area contributed by atoms with Gasteiger partial charge in [-0.2, -0.15) is 5.01 Å². The molecule has 3 fully saturated rings. The highest BCUT2D eigenvalue weighted by molar-refractivity contribution is 9.12. The molecule has 23 heavy (non-hydrogen) atoms. The van der Waals surface area contributed by atoms with Crippen molar-refractivity contribution >= 4 is 49.6 Å². The molecule has 1 aromatic heterocycles. The molecule has 4 rings (SSSR count). The van der Waals surface area contributed by atoms with E-state index in [2.05, 4.69) is 42.3 Å². The van der Waals surface area contributed by atoms with E-state index in [4.69, 9.17) is 0 Å². The van der Waals surface area contributed by atoms with Gasteiger partial charge in [0, 0.05) is 27.6 Å². The van der Waals surface area contributed by atoms with E-state index >= 15 is 0 Å². The molecule has 6 nitrogen and oxygen atoms in total. The van der Waals surface area contributed by atoms with Gasteiger partial charge in [0.05, 0.1) is 11.8 Å². The number of alkyl halides is 2. The lowest BCUT2D eigenvalue weighted by Crippen LogP contribution is -2.47. The molecular weight excluding hydrogens is 430 g/mol. The van der Waals surface area contributed by atoms with E-state index in [9.17, 15) is 14.4 Å². The average molecular weight is 443 g/mol. The summed E-state index contributed by atoms with van der Waals surface area (Å²) < 4.78 is 0. The molecule has 6 atom stereocenters. The maximum absolute atomic E-state index is 12.6. The summed E-state index contributed by atoms with van der Waals surface area (Å²) in [5.74, 6) is -1.46. The molecule has 8 heteroatoms. The fraction of sp³-hybridized carbons (Fsp3) is 0.467. The van der Waals surface area contributed by atoms with Crippen LogP contribution in [-0.4, -0.2) is 37.4 Å². The molecule has 1 aromatic rings. The van der Waals surface area contributed by atoms with Gasteiger partial charge in [0.15, 0.2) is 0 Å². The van der Waals surface area contributed by atoms with E-state index < -0.39 is 5.91 Å². The molecule has 1 saturated heterocycles. The van der Waals surface area contributed by atoms with Crippen LogP contribution in [0.2, 0.25) is 0 Å². The van der Waals surface area contributed by atoms with E-state index in [1.54, 1.807) is 0 Å². The van der Waals surface area contributed by atoms with E-state index in [-0.39, 0.29) is 45.1 Å². The van der Waals surface area contributed by atoms with Gasteiger partial charge in [-0.25, -0.2) is 0 Å². The van der Waals surface area contributed by atoms with Crippen LogP contribution in [-0.2, 0) is 9.59 Å². The Labute approximate surface area is 149 Å². The molecule has 2 bridgehead atoms. The number of carbonyl (C=O) groups excluding carboxylic acids is 3. The zero-order valence-corrected chi connectivity index (χ0v) is 15.0. The first-order valence-corrected chi connectivity index (χ1v) is 9.21. The highest BCUT2D eigenvalue weighted by Crippen LogP contribution is 2.59. The molecular formula is C15H13Br2N3O3. The van der Waals surface area contributed by atoms with Crippen molar-refractivity contribution in [2.45, 2.75) is 16.1 Å². The summed E-state index contributed by atoms with van der Waals surface area (Å²) in [6, 6.07) is 3.07. The van der Waals surface area contributed by atoms with Crippen molar-refractivity contribution < 1.29 is 14.4 Å². The predicted molar refractivity (Wildman–Crippen MR) is 87.6 cm³/mol. The third-order valence-electron chi connectivity index (χ3n) is 5.14. The lowest BCUT2D eigenvalue weighted by atomic mass is 9.81.